The number of hydrogen-bond donors (Lipinski definition) is 1. The van der Waals surface area contributed by atoms with Gasteiger partial charge < -0.3 is 0 Å². The third-order valence-corrected chi connectivity index (χ3v) is 0. The largest absolute Gasteiger partial charge is 0.251 e. The van der Waals surface area contributed by atoms with Crippen molar-refractivity contribution < 1.29 is 12.8 Å². The molecule has 2 nitrogen and oxygen atoms in total. The van der Waals surface area contributed by atoms with Crippen LogP contribution in [-0.4, -0.2) is 21.3 Å². The molecule has 0 N–H and O–H groups in total. The molecule has 0 amide bonds. The second kappa shape index (κ2) is 9.30. The Kier molecular flexibility index (Phi) is 13.3. The summed E-state index contributed by atoms with van der Waals surface area (Å²) >= 11 is 0. The monoisotopic (exact) mass is 128 g/mol. The van der Waals surface area contributed by atoms with E-state index in [2.05, 4.69) is 0 Å². The first-order valence-electron chi connectivity index (χ1n) is 1.79. The van der Waals surface area contributed by atoms with Gasteiger partial charge >= 0.3 is 0 Å². The molecule has 0 fully saturated rings. The SMILES string of the molecule is CCF.C[SH](=O)=O. The fourth-order valence-electron chi connectivity index (χ4n) is 0. The maximum absolute atomic E-state index is 10.3. The number of halogens is 1. The summed E-state index contributed by atoms with van der Waals surface area (Å²) in [5.41, 5.74) is 0. The number of hydrogen-bond acceptors (Lipinski definition) is 2. The average molecular weight is 128 g/mol. The minimum atomic E-state index is -2.12. The first-order chi connectivity index (χ1) is 3.15. The van der Waals surface area contributed by atoms with E-state index >= 15 is 0 Å². The predicted molar refractivity (Wildman–Crippen MR) is 27.9 cm³/mol. The molecule has 4 heteroatoms. The van der Waals surface area contributed by atoms with E-state index in [1.807, 2.05) is 0 Å². The van der Waals surface area contributed by atoms with Crippen molar-refractivity contribution in [3.05, 3.63) is 0 Å². The maximum atomic E-state index is 10.3. The quantitative estimate of drug-likeness (QED) is 0.473. The van der Waals surface area contributed by atoms with Crippen molar-refractivity contribution in [2.45, 2.75) is 6.92 Å². The van der Waals surface area contributed by atoms with Gasteiger partial charge in [0.05, 0.1) is 6.67 Å². The summed E-state index contributed by atoms with van der Waals surface area (Å²) < 4.78 is 28.4. The zero-order valence-corrected chi connectivity index (χ0v) is 5.24. The molecule has 0 aliphatic heterocycles. The van der Waals surface area contributed by atoms with Gasteiger partial charge in [-0.25, -0.2) is 8.42 Å². The van der Waals surface area contributed by atoms with Crippen LogP contribution in [0, 0.1) is 0 Å². The Morgan fingerprint density at radius 1 is 1.57 bits per heavy atom. The number of thiol groups is 1. The molecule has 0 unspecified atom stereocenters. The van der Waals surface area contributed by atoms with Crippen molar-refractivity contribution in [3.8, 4) is 0 Å². The Morgan fingerprint density at radius 3 is 1.57 bits per heavy atom. The number of alkyl halides is 1. The van der Waals surface area contributed by atoms with E-state index < -0.39 is 10.7 Å². The van der Waals surface area contributed by atoms with Crippen LogP contribution < -0.4 is 0 Å². The second-order valence-electron chi connectivity index (χ2n) is 0.707. The van der Waals surface area contributed by atoms with Crippen molar-refractivity contribution in [2.24, 2.45) is 0 Å². The van der Waals surface area contributed by atoms with Crippen molar-refractivity contribution in [3.63, 3.8) is 0 Å². The van der Waals surface area contributed by atoms with Crippen LogP contribution in [0.5, 0.6) is 0 Å². The van der Waals surface area contributed by atoms with Gasteiger partial charge in [0.1, 0.15) is 10.7 Å². The maximum Gasteiger partial charge on any atom is 0.137 e. The third-order valence-electron chi connectivity index (χ3n) is 0. The highest BCUT2D eigenvalue weighted by atomic mass is 32.2. The highest BCUT2D eigenvalue weighted by molar-refractivity contribution is 7.71. The van der Waals surface area contributed by atoms with Crippen molar-refractivity contribution >= 4 is 10.7 Å². The van der Waals surface area contributed by atoms with Crippen LogP contribution in [0.2, 0.25) is 0 Å². The highest BCUT2D eigenvalue weighted by Gasteiger charge is 1.44. The van der Waals surface area contributed by atoms with Crippen LogP contribution >= 0.6 is 0 Å². The molecule has 46 valence electrons. The summed E-state index contributed by atoms with van der Waals surface area (Å²) in [6, 6.07) is 0. The van der Waals surface area contributed by atoms with Gasteiger partial charge in [-0.05, 0) is 6.92 Å². The Labute approximate surface area is 44.3 Å². The van der Waals surface area contributed by atoms with Crippen molar-refractivity contribution in [1.29, 1.82) is 0 Å². The Hall–Kier alpha value is -0.120. The lowest BCUT2D eigenvalue weighted by molar-refractivity contribution is 0.527. The predicted octanol–water partition coefficient (Wildman–Crippen LogP) is 0.203. The lowest BCUT2D eigenvalue weighted by atomic mass is 10.9. The summed E-state index contributed by atoms with van der Waals surface area (Å²) in [4.78, 5) is 0. The summed E-state index contributed by atoms with van der Waals surface area (Å²) in [7, 11) is -2.12. The van der Waals surface area contributed by atoms with Gasteiger partial charge in [-0.3, -0.25) is 4.39 Å². The Bertz CT molecular complexity index is 71.0. The molecule has 0 spiro atoms. The summed E-state index contributed by atoms with van der Waals surface area (Å²) in [5, 5.41) is 0. The standard InChI is InChI=1S/C2H5F.CH4O2S/c1-2-3;1-4(2)3/h2H2,1H3;4H,1H3. The van der Waals surface area contributed by atoms with Gasteiger partial charge in [-0.1, -0.05) is 0 Å². The molecule has 0 rings (SSSR count). The Balaban J connectivity index is 0. The van der Waals surface area contributed by atoms with E-state index in [1.165, 1.54) is 6.92 Å². The molecule has 0 aliphatic rings. The average Bonchev–Trinajstić information content (AvgIpc) is 1.33. The minimum Gasteiger partial charge on any atom is -0.251 e. The van der Waals surface area contributed by atoms with Gasteiger partial charge in [0.2, 0.25) is 0 Å². The molecule has 0 aromatic heterocycles. The molecule has 0 saturated heterocycles. The van der Waals surface area contributed by atoms with Gasteiger partial charge in [0.15, 0.2) is 0 Å². The van der Waals surface area contributed by atoms with Crippen LogP contribution in [-0.2, 0) is 10.7 Å². The molecular formula is C3H9FO2S. The molecule has 0 radical (unpaired) electrons. The molecular weight excluding hydrogens is 119 g/mol. The summed E-state index contributed by atoms with van der Waals surface area (Å²) in [6.45, 7) is 1.21. The third kappa shape index (κ3) is 6150. The molecule has 0 aliphatic carbocycles. The Morgan fingerprint density at radius 2 is 1.57 bits per heavy atom. The minimum absolute atomic E-state index is 0.250. The fourth-order valence-corrected chi connectivity index (χ4v) is 0. The highest BCUT2D eigenvalue weighted by Crippen LogP contribution is 1.48. The normalized spacial score (nSPS) is 7.43. The van der Waals surface area contributed by atoms with E-state index in [1.54, 1.807) is 0 Å². The van der Waals surface area contributed by atoms with Crippen LogP contribution in [0.4, 0.5) is 4.39 Å². The molecule has 0 saturated carbocycles. The molecule has 0 bridgehead atoms. The van der Waals surface area contributed by atoms with Gasteiger partial charge in [0, 0.05) is 6.26 Å². The van der Waals surface area contributed by atoms with E-state index in [9.17, 15) is 4.39 Å². The van der Waals surface area contributed by atoms with E-state index in [0.717, 1.165) is 6.26 Å². The summed E-state index contributed by atoms with van der Waals surface area (Å²) in [6.07, 6.45) is 1.12. The van der Waals surface area contributed by atoms with E-state index in [0.29, 0.717) is 0 Å². The van der Waals surface area contributed by atoms with Crippen molar-refractivity contribution in [2.75, 3.05) is 12.9 Å². The van der Waals surface area contributed by atoms with E-state index in [4.69, 9.17) is 8.42 Å². The topological polar surface area (TPSA) is 34.1 Å². The zero-order chi connectivity index (χ0) is 6.28. The van der Waals surface area contributed by atoms with Gasteiger partial charge in [0.25, 0.3) is 0 Å². The molecule has 7 heavy (non-hydrogen) atoms. The lowest BCUT2D eigenvalue weighted by Crippen LogP contribution is -1.56. The smallest absolute Gasteiger partial charge is 0.137 e. The molecule has 0 aromatic carbocycles. The molecule has 0 heterocycles. The van der Waals surface area contributed by atoms with E-state index in [-0.39, 0.29) is 6.67 Å². The summed E-state index contributed by atoms with van der Waals surface area (Å²) in [5.74, 6) is 0. The first kappa shape index (κ1) is 9.99. The van der Waals surface area contributed by atoms with Crippen LogP contribution in [0.15, 0.2) is 0 Å². The molecule has 0 aromatic rings. The zero-order valence-electron chi connectivity index (χ0n) is 4.35. The van der Waals surface area contributed by atoms with Gasteiger partial charge in [-0.2, -0.15) is 0 Å². The first-order valence-corrected chi connectivity index (χ1v) is 3.41. The second-order valence-corrected chi connectivity index (χ2v) is 1.59. The molecule has 0 atom stereocenters. The van der Waals surface area contributed by atoms with Gasteiger partial charge in [-0.15, -0.1) is 0 Å². The van der Waals surface area contributed by atoms with Crippen molar-refractivity contribution in [1.82, 2.24) is 0 Å². The van der Waals surface area contributed by atoms with Crippen LogP contribution in [0.1, 0.15) is 6.92 Å². The van der Waals surface area contributed by atoms with Crippen LogP contribution in [0.3, 0.4) is 0 Å². The lowest BCUT2D eigenvalue weighted by Gasteiger charge is -1.45. The fraction of sp³-hybridized carbons (Fsp3) is 1.00. The van der Waals surface area contributed by atoms with Crippen LogP contribution in [0.25, 0.3) is 0 Å². The number of rotatable bonds is 0.